The van der Waals surface area contributed by atoms with Crippen LogP contribution in [-0.2, 0) is 16.0 Å². The summed E-state index contributed by atoms with van der Waals surface area (Å²) in [7, 11) is 1.58. The summed E-state index contributed by atoms with van der Waals surface area (Å²) in [5.74, 6) is -0.533. The Balaban J connectivity index is 2.52. The minimum Gasteiger partial charge on any atom is -0.496 e. The Morgan fingerprint density at radius 1 is 1.37 bits per heavy atom. The van der Waals surface area contributed by atoms with Gasteiger partial charge >= 0.3 is 5.97 Å². The van der Waals surface area contributed by atoms with E-state index in [0.29, 0.717) is 12.8 Å². The van der Waals surface area contributed by atoms with Gasteiger partial charge in [-0.05, 0) is 24.5 Å². The molecule has 0 saturated heterocycles. The molecule has 1 aromatic rings. The molecule has 1 unspecified atom stereocenters. The second kappa shape index (κ2) is 7.41. The second-order valence-electron chi connectivity index (χ2n) is 4.18. The van der Waals surface area contributed by atoms with Gasteiger partial charge in [0, 0.05) is 6.42 Å². The van der Waals surface area contributed by atoms with E-state index in [4.69, 9.17) is 9.84 Å². The largest absolute Gasteiger partial charge is 0.496 e. The standard InChI is InChI=1S/C14H19NO4/c1-3-11(14(17)18)15-13(16)9-8-10-6-4-5-7-12(10)19-2/h4-7,11H,3,8-9H2,1-2H3,(H,15,16)(H,17,18). The number of aryl methyl sites for hydroxylation is 1. The normalized spacial score (nSPS) is 11.7. The summed E-state index contributed by atoms with van der Waals surface area (Å²) >= 11 is 0. The van der Waals surface area contributed by atoms with E-state index in [1.165, 1.54) is 0 Å². The zero-order valence-corrected chi connectivity index (χ0v) is 11.2. The molecular weight excluding hydrogens is 246 g/mol. The third-order valence-corrected chi connectivity index (χ3v) is 2.86. The van der Waals surface area contributed by atoms with Crippen LogP contribution in [0.15, 0.2) is 24.3 Å². The lowest BCUT2D eigenvalue weighted by Crippen LogP contribution is -2.40. The maximum Gasteiger partial charge on any atom is 0.326 e. The Bertz CT molecular complexity index is 445. The van der Waals surface area contributed by atoms with Crippen LogP contribution in [0.1, 0.15) is 25.3 Å². The maximum atomic E-state index is 11.7. The highest BCUT2D eigenvalue weighted by Gasteiger charge is 2.17. The Labute approximate surface area is 112 Å². The number of nitrogens with one attached hydrogen (secondary N) is 1. The van der Waals surface area contributed by atoms with E-state index in [1.807, 2.05) is 24.3 Å². The topological polar surface area (TPSA) is 75.6 Å². The van der Waals surface area contributed by atoms with Gasteiger partial charge in [-0.1, -0.05) is 25.1 Å². The van der Waals surface area contributed by atoms with Crippen LogP contribution in [0.5, 0.6) is 5.75 Å². The first kappa shape index (κ1) is 15.0. The van der Waals surface area contributed by atoms with Crippen LogP contribution >= 0.6 is 0 Å². The number of aliphatic carboxylic acids is 1. The van der Waals surface area contributed by atoms with Crippen LogP contribution in [0.4, 0.5) is 0 Å². The first-order valence-corrected chi connectivity index (χ1v) is 6.22. The van der Waals surface area contributed by atoms with Gasteiger partial charge in [0.1, 0.15) is 11.8 Å². The average molecular weight is 265 g/mol. The Kier molecular flexibility index (Phi) is 5.85. The zero-order chi connectivity index (χ0) is 14.3. The van der Waals surface area contributed by atoms with Gasteiger partial charge in [0.25, 0.3) is 0 Å². The number of ether oxygens (including phenoxy) is 1. The van der Waals surface area contributed by atoms with Gasteiger partial charge in [0.2, 0.25) is 5.91 Å². The molecule has 1 amide bonds. The molecule has 0 aliphatic carbocycles. The minimum atomic E-state index is -1.01. The van der Waals surface area contributed by atoms with E-state index in [1.54, 1.807) is 14.0 Å². The number of carbonyl (C=O) groups excluding carboxylic acids is 1. The predicted octanol–water partition coefficient (Wildman–Crippen LogP) is 1.61. The number of carbonyl (C=O) groups is 2. The Morgan fingerprint density at radius 2 is 2.05 bits per heavy atom. The molecule has 1 rings (SSSR count). The molecule has 1 atom stereocenters. The number of carboxylic acids is 1. The summed E-state index contributed by atoms with van der Waals surface area (Å²) in [5, 5.41) is 11.3. The van der Waals surface area contributed by atoms with E-state index >= 15 is 0 Å². The van der Waals surface area contributed by atoms with Crippen LogP contribution in [0.2, 0.25) is 0 Å². The number of rotatable bonds is 7. The van der Waals surface area contributed by atoms with Gasteiger partial charge in [0.15, 0.2) is 0 Å². The molecule has 5 heteroatoms. The lowest BCUT2D eigenvalue weighted by Gasteiger charge is -2.12. The second-order valence-corrected chi connectivity index (χ2v) is 4.18. The fourth-order valence-electron chi connectivity index (χ4n) is 1.76. The molecule has 104 valence electrons. The van der Waals surface area contributed by atoms with Crippen LogP contribution in [0.25, 0.3) is 0 Å². The molecule has 0 aromatic heterocycles. The van der Waals surface area contributed by atoms with Gasteiger partial charge < -0.3 is 15.2 Å². The number of benzene rings is 1. The number of hydrogen-bond donors (Lipinski definition) is 2. The van der Waals surface area contributed by atoms with Gasteiger partial charge in [-0.15, -0.1) is 0 Å². The number of hydrogen-bond acceptors (Lipinski definition) is 3. The molecule has 0 aliphatic heterocycles. The monoisotopic (exact) mass is 265 g/mol. The molecule has 0 aliphatic rings. The third-order valence-electron chi connectivity index (χ3n) is 2.86. The van der Waals surface area contributed by atoms with E-state index < -0.39 is 12.0 Å². The molecule has 0 spiro atoms. The van der Waals surface area contributed by atoms with Crippen molar-refractivity contribution < 1.29 is 19.4 Å². The van der Waals surface area contributed by atoms with Crippen molar-refractivity contribution in [2.75, 3.05) is 7.11 Å². The first-order valence-electron chi connectivity index (χ1n) is 6.22. The fourth-order valence-corrected chi connectivity index (χ4v) is 1.76. The Hall–Kier alpha value is -2.04. The van der Waals surface area contributed by atoms with Gasteiger partial charge in [-0.2, -0.15) is 0 Å². The summed E-state index contributed by atoms with van der Waals surface area (Å²) < 4.78 is 5.19. The number of para-hydroxylation sites is 1. The van der Waals surface area contributed by atoms with E-state index in [-0.39, 0.29) is 12.3 Å². The molecule has 0 fully saturated rings. The number of methoxy groups -OCH3 is 1. The van der Waals surface area contributed by atoms with Crippen molar-refractivity contribution >= 4 is 11.9 Å². The van der Waals surface area contributed by atoms with Gasteiger partial charge in [-0.25, -0.2) is 4.79 Å². The molecule has 0 bridgehead atoms. The zero-order valence-electron chi connectivity index (χ0n) is 11.2. The number of carboxylic acid groups (broad SMARTS) is 1. The molecule has 0 radical (unpaired) electrons. The molecule has 19 heavy (non-hydrogen) atoms. The van der Waals surface area contributed by atoms with Crippen LogP contribution in [0.3, 0.4) is 0 Å². The highest BCUT2D eigenvalue weighted by atomic mass is 16.5. The van der Waals surface area contributed by atoms with Gasteiger partial charge in [0.05, 0.1) is 7.11 Å². The van der Waals surface area contributed by atoms with Crippen molar-refractivity contribution in [1.29, 1.82) is 0 Å². The lowest BCUT2D eigenvalue weighted by molar-refractivity contribution is -0.141. The lowest BCUT2D eigenvalue weighted by atomic mass is 10.1. The number of amides is 1. The van der Waals surface area contributed by atoms with E-state index in [0.717, 1.165) is 11.3 Å². The minimum absolute atomic E-state index is 0.240. The van der Waals surface area contributed by atoms with Crippen LogP contribution in [0, 0.1) is 0 Å². The predicted molar refractivity (Wildman–Crippen MR) is 71.2 cm³/mol. The summed E-state index contributed by atoms with van der Waals surface area (Å²) in [6, 6.07) is 6.65. The van der Waals surface area contributed by atoms with Crippen molar-refractivity contribution in [1.82, 2.24) is 5.32 Å². The average Bonchev–Trinajstić information content (AvgIpc) is 2.42. The van der Waals surface area contributed by atoms with Crippen LogP contribution in [-0.4, -0.2) is 30.1 Å². The van der Waals surface area contributed by atoms with Crippen molar-refractivity contribution in [3.63, 3.8) is 0 Å². The molecule has 2 N–H and O–H groups in total. The first-order chi connectivity index (χ1) is 9.08. The fraction of sp³-hybridized carbons (Fsp3) is 0.429. The molecule has 0 heterocycles. The summed E-state index contributed by atoms with van der Waals surface area (Å²) in [6.07, 6.45) is 1.13. The van der Waals surface area contributed by atoms with Crippen molar-refractivity contribution in [2.24, 2.45) is 0 Å². The molecule has 5 nitrogen and oxygen atoms in total. The highest BCUT2D eigenvalue weighted by molar-refractivity contribution is 5.83. The van der Waals surface area contributed by atoms with E-state index in [2.05, 4.69) is 5.32 Å². The van der Waals surface area contributed by atoms with E-state index in [9.17, 15) is 9.59 Å². The highest BCUT2D eigenvalue weighted by Crippen LogP contribution is 2.18. The summed E-state index contributed by atoms with van der Waals surface area (Å²) in [6.45, 7) is 1.72. The van der Waals surface area contributed by atoms with Crippen molar-refractivity contribution in [3.8, 4) is 5.75 Å². The Morgan fingerprint density at radius 3 is 2.63 bits per heavy atom. The summed E-state index contributed by atoms with van der Waals surface area (Å²) in [5.41, 5.74) is 0.934. The smallest absolute Gasteiger partial charge is 0.326 e. The van der Waals surface area contributed by atoms with Crippen molar-refractivity contribution in [3.05, 3.63) is 29.8 Å². The molecular formula is C14H19NO4. The van der Waals surface area contributed by atoms with Crippen LogP contribution < -0.4 is 10.1 Å². The van der Waals surface area contributed by atoms with Gasteiger partial charge in [-0.3, -0.25) is 4.79 Å². The molecule has 0 saturated carbocycles. The quantitative estimate of drug-likeness (QED) is 0.785. The third kappa shape index (κ3) is 4.62. The molecule has 1 aromatic carbocycles. The summed E-state index contributed by atoms with van der Waals surface area (Å²) in [4.78, 5) is 22.5. The van der Waals surface area contributed by atoms with Crippen molar-refractivity contribution in [2.45, 2.75) is 32.2 Å². The maximum absolute atomic E-state index is 11.7. The SMILES string of the molecule is CCC(NC(=O)CCc1ccccc1OC)C(=O)O.